The van der Waals surface area contributed by atoms with Gasteiger partial charge in [-0.3, -0.25) is 28.5 Å². The molecule has 0 aromatic carbocycles. The molecular formula is C24H27N5O5S2. The van der Waals surface area contributed by atoms with Crippen molar-refractivity contribution in [3.8, 4) is 0 Å². The third-order valence-electron chi connectivity index (χ3n) is 6.14. The highest BCUT2D eigenvalue weighted by Gasteiger charge is 2.36. The fourth-order valence-electron chi connectivity index (χ4n) is 4.20. The van der Waals surface area contributed by atoms with Gasteiger partial charge in [0.05, 0.1) is 24.0 Å². The Balaban J connectivity index is 1.89. The monoisotopic (exact) mass is 529 g/mol. The number of hydrogen-bond donors (Lipinski definition) is 1. The maximum absolute atomic E-state index is 13.7. The van der Waals surface area contributed by atoms with Crippen molar-refractivity contribution >= 4 is 63.6 Å². The molecule has 2 aromatic rings. The van der Waals surface area contributed by atoms with Crippen LogP contribution in [0.15, 0.2) is 28.0 Å². The van der Waals surface area contributed by atoms with Gasteiger partial charge >= 0.3 is 5.97 Å². The second-order valence-electron chi connectivity index (χ2n) is 8.51. The molecule has 36 heavy (non-hydrogen) atoms. The summed E-state index contributed by atoms with van der Waals surface area (Å²) in [6.07, 6.45) is 4.62. The van der Waals surface area contributed by atoms with E-state index in [9.17, 15) is 19.2 Å². The Labute approximate surface area is 217 Å². The normalized spacial score (nSPS) is 19.4. The highest BCUT2D eigenvalue weighted by atomic mass is 32.2. The van der Waals surface area contributed by atoms with E-state index in [4.69, 9.17) is 21.9 Å². The van der Waals surface area contributed by atoms with Gasteiger partial charge in [0.25, 0.3) is 11.5 Å². The summed E-state index contributed by atoms with van der Waals surface area (Å²) in [6, 6.07) is 2.66. The number of carbonyl (C=O) groups is 3. The second-order valence-corrected chi connectivity index (χ2v) is 10.2. The Hall–Kier alpha value is -3.25. The molecule has 1 unspecified atom stereocenters. The number of esters is 1. The molecule has 190 valence electrons. The van der Waals surface area contributed by atoms with Gasteiger partial charge in [-0.25, -0.2) is 4.98 Å². The number of aromatic nitrogens is 2. The predicted octanol–water partition coefficient (Wildman–Crippen LogP) is 1.87. The quantitative estimate of drug-likeness (QED) is 0.326. The van der Waals surface area contributed by atoms with Gasteiger partial charge in [0.1, 0.15) is 21.8 Å². The highest BCUT2D eigenvalue weighted by molar-refractivity contribution is 8.26. The highest BCUT2D eigenvalue weighted by Crippen LogP contribution is 2.34. The van der Waals surface area contributed by atoms with Crippen LogP contribution in [0.3, 0.4) is 0 Å². The average molecular weight is 530 g/mol. The number of unbranched alkanes of at least 4 members (excludes halogenated alkanes) is 1. The largest absolute Gasteiger partial charge is 0.469 e. The molecule has 12 heteroatoms. The molecule has 4 rings (SSSR count). The number of fused-ring (bicyclic) bond motifs is 1. The molecule has 0 aliphatic carbocycles. The first kappa shape index (κ1) is 25.8. The minimum atomic E-state index is -0.921. The van der Waals surface area contributed by atoms with Crippen molar-refractivity contribution in [1.82, 2.24) is 19.6 Å². The maximum atomic E-state index is 13.7. The van der Waals surface area contributed by atoms with E-state index in [1.54, 1.807) is 22.1 Å². The fourth-order valence-corrected chi connectivity index (χ4v) is 5.49. The molecule has 4 heterocycles. The Morgan fingerprint density at radius 2 is 2.14 bits per heavy atom. The summed E-state index contributed by atoms with van der Waals surface area (Å²) < 4.78 is 6.65. The summed E-state index contributed by atoms with van der Waals surface area (Å²) in [4.78, 5) is 60.0. The first-order valence-electron chi connectivity index (χ1n) is 11.6. The predicted molar refractivity (Wildman–Crippen MR) is 142 cm³/mol. The van der Waals surface area contributed by atoms with Gasteiger partial charge in [-0.05, 0) is 31.1 Å². The van der Waals surface area contributed by atoms with Crippen LogP contribution in [-0.4, -0.2) is 69.2 Å². The van der Waals surface area contributed by atoms with Gasteiger partial charge in [0, 0.05) is 25.8 Å². The van der Waals surface area contributed by atoms with Crippen molar-refractivity contribution in [1.29, 1.82) is 0 Å². The van der Waals surface area contributed by atoms with E-state index in [2.05, 4.69) is 5.32 Å². The molecule has 0 bridgehead atoms. The fraction of sp³-hybridized carbons (Fsp3) is 0.417. The number of nitrogens with zero attached hydrogens (tertiary/aromatic N) is 4. The van der Waals surface area contributed by atoms with Crippen LogP contribution >= 0.6 is 24.0 Å². The Bertz CT molecular complexity index is 1340. The molecule has 1 N–H and O–H groups in total. The van der Waals surface area contributed by atoms with Crippen LogP contribution in [0.4, 0.5) is 5.82 Å². The number of ether oxygens (including phenoxy) is 1. The lowest BCUT2D eigenvalue weighted by atomic mass is 10.1. The van der Waals surface area contributed by atoms with Crippen LogP contribution in [-0.2, 0) is 19.1 Å². The minimum Gasteiger partial charge on any atom is -0.469 e. The molecule has 10 nitrogen and oxygen atoms in total. The van der Waals surface area contributed by atoms with Crippen LogP contribution < -0.4 is 15.8 Å². The minimum absolute atomic E-state index is 0.152. The molecule has 0 saturated carbocycles. The van der Waals surface area contributed by atoms with Crippen molar-refractivity contribution in [3.63, 3.8) is 0 Å². The van der Waals surface area contributed by atoms with E-state index in [1.807, 2.05) is 19.9 Å². The lowest BCUT2D eigenvalue weighted by molar-refractivity contribution is -0.143. The molecule has 2 aromatic heterocycles. The Morgan fingerprint density at radius 3 is 2.86 bits per heavy atom. The SMILES string of the molecule is CCCCN1C(=O)C(=Cc2c(N3CCNC(=O)C3CC(=O)OC)nc3c(C)cccn3c2=O)SC1=S. The number of aryl methyl sites for hydroxylation is 1. The number of methoxy groups -OCH3 is 1. The lowest BCUT2D eigenvalue weighted by Crippen LogP contribution is -2.57. The van der Waals surface area contributed by atoms with E-state index in [0.29, 0.717) is 34.5 Å². The van der Waals surface area contributed by atoms with Gasteiger partial charge in [-0.15, -0.1) is 0 Å². The van der Waals surface area contributed by atoms with Crippen LogP contribution in [0.1, 0.15) is 37.3 Å². The van der Waals surface area contributed by atoms with E-state index in [0.717, 1.165) is 30.2 Å². The smallest absolute Gasteiger partial charge is 0.308 e. The number of thiocarbonyl (C=S) groups is 1. The lowest BCUT2D eigenvalue weighted by Gasteiger charge is -2.36. The number of anilines is 1. The van der Waals surface area contributed by atoms with Gasteiger partial charge < -0.3 is 15.0 Å². The second kappa shape index (κ2) is 10.8. The molecule has 2 amide bonds. The summed E-state index contributed by atoms with van der Waals surface area (Å²) in [6.45, 7) is 5.00. The Morgan fingerprint density at radius 1 is 1.36 bits per heavy atom. The van der Waals surface area contributed by atoms with Gasteiger partial charge in [0.15, 0.2) is 0 Å². The third kappa shape index (κ3) is 4.87. The topological polar surface area (TPSA) is 113 Å². The molecule has 0 radical (unpaired) electrons. The molecule has 2 saturated heterocycles. The van der Waals surface area contributed by atoms with E-state index < -0.39 is 12.0 Å². The van der Waals surface area contributed by atoms with Crippen molar-refractivity contribution in [3.05, 3.63) is 44.7 Å². The summed E-state index contributed by atoms with van der Waals surface area (Å²) in [5.74, 6) is -0.957. The number of hydrogen-bond acceptors (Lipinski definition) is 9. The zero-order valence-corrected chi connectivity index (χ0v) is 21.9. The molecule has 0 spiro atoms. The maximum Gasteiger partial charge on any atom is 0.308 e. The molecule has 2 fully saturated rings. The van der Waals surface area contributed by atoms with Crippen LogP contribution in [0.2, 0.25) is 0 Å². The number of rotatable bonds is 7. The van der Waals surface area contributed by atoms with Gasteiger partial charge in [-0.2, -0.15) is 0 Å². The van der Waals surface area contributed by atoms with Gasteiger partial charge in [0.2, 0.25) is 5.91 Å². The van der Waals surface area contributed by atoms with Crippen molar-refractivity contribution in [2.24, 2.45) is 0 Å². The summed E-state index contributed by atoms with van der Waals surface area (Å²) in [7, 11) is 1.25. The van der Waals surface area contributed by atoms with E-state index in [-0.39, 0.29) is 35.2 Å². The number of pyridine rings is 1. The zero-order chi connectivity index (χ0) is 26.0. The zero-order valence-electron chi connectivity index (χ0n) is 20.3. The number of thioether (sulfide) groups is 1. The van der Waals surface area contributed by atoms with E-state index >= 15 is 0 Å². The molecule has 2 aliphatic heterocycles. The van der Waals surface area contributed by atoms with Gasteiger partial charge in [-0.1, -0.05) is 43.4 Å². The van der Waals surface area contributed by atoms with Crippen molar-refractivity contribution in [2.45, 2.75) is 39.2 Å². The average Bonchev–Trinajstić information content (AvgIpc) is 3.13. The molecule has 1 atom stereocenters. The standard InChI is InChI=1S/C24H27N5O5S2/c1-4-5-9-29-23(33)17(36-24(29)35)12-15-20(26-19-14(2)7-6-10-28(19)22(15)32)27-11-8-25-21(31)16(27)13-18(30)34-3/h6-7,10,12,16H,4-5,8-9,11,13H2,1-3H3,(H,25,31). The first-order chi connectivity index (χ1) is 17.3. The summed E-state index contributed by atoms with van der Waals surface area (Å²) in [5.41, 5.74) is 0.950. The number of carbonyl (C=O) groups excluding carboxylic acids is 3. The Kier molecular flexibility index (Phi) is 7.74. The molecular weight excluding hydrogens is 502 g/mol. The van der Waals surface area contributed by atoms with Crippen LogP contribution in [0.25, 0.3) is 11.7 Å². The summed E-state index contributed by atoms with van der Waals surface area (Å²) >= 11 is 6.55. The third-order valence-corrected chi connectivity index (χ3v) is 7.52. The number of nitrogens with one attached hydrogen (secondary N) is 1. The van der Waals surface area contributed by atoms with Crippen molar-refractivity contribution in [2.75, 3.05) is 31.6 Å². The van der Waals surface area contributed by atoms with Crippen LogP contribution in [0.5, 0.6) is 0 Å². The van der Waals surface area contributed by atoms with Crippen molar-refractivity contribution < 1.29 is 19.1 Å². The molecule has 2 aliphatic rings. The number of amides is 2. The summed E-state index contributed by atoms with van der Waals surface area (Å²) in [5, 5.41) is 2.76. The number of piperazine rings is 1. The van der Waals surface area contributed by atoms with E-state index in [1.165, 1.54) is 17.6 Å². The first-order valence-corrected chi connectivity index (χ1v) is 12.9. The van der Waals surface area contributed by atoms with Crippen LogP contribution in [0, 0.1) is 6.92 Å².